The number of nitrogens with one attached hydrogen (secondary N) is 1. The van der Waals surface area contributed by atoms with E-state index in [1.165, 1.54) is 22.3 Å². The van der Waals surface area contributed by atoms with Crippen molar-refractivity contribution in [3.05, 3.63) is 82.0 Å². The Morgan fingerprint density at radius 2 is 1.86 bits per heavy atom. The molecule has 1 aliphatic rings. The summed E-state index contributed by atoms with van der Waals surface area (Å²) in [4.78, 5) is 55.2. The molecule has 0 unspecified atom stereocenters. The summed E-state index contributed by atoms with van der Waals surface area (Å²) in [6, 6.07) is 15.9. The fraction of sp³-hybridized carbons (Fsp3) is 0.231. The van der Waals surface area contributed by atoms with Crippen LogP contribution in [-0.4, -0.2) is 41.4 Å². The SMILES string of the molecule is CCOC(=O)c1cccc(NC(=O)C[C@@H]2C(=O)N(c3cccc(C)c3)C(=O)N2Cc2cccs2)c1. The van der Waals surface area contributed by atoms with E-state index < -0.39 is 29.9 Å². The smallest absolute Gasteiger partial charge is 0.338 e. The lowest BCUT2D eigenvalue weighted by Crippen LogP contribution is -2.37. The minimum atomic E-state index is -0.960. The van der Waals surface area contributed by atoms with Gasteiger partial charge < -0.3 is 15.0 Å². The van der Waals surface area contributed by atoms with Crippen LogP contribution in [0.4, 0.5) is 16.2 Å². The van der Waals surface area contributed by atoms with E-state index in [2.05, 4.69) is 5.32 Å². The van der Waals surface area contributed by atoms with E-state index in [9.17, 15) is 19.2 Å². The molecule has 0 radical (unpaired) electrons. The molecule has 2 heterocycles. The molecule has 0 spiro atoms. The normalized spacial score (nSPS) is 15.4. The number of thiophene rings is 1. The summed E-state index contributed by atoms with van der Waals surface area (Å²) in [5, 5.41) is 4.63. The van der Waals surface area contributed by atoms with Crippen molar-refractivity contribution >= 4 is 46.5 Å². The van der Waals surface area contributed by atoms with Gasteiger partial charge in [0.05, 0.1) is 30.8 Å². The maximum atomic E-state index is 13.4. The van der Waals surface area contributed by atoms with Crippen LogP contribution < -0.4 is 10.2 Å². The van der Waals surface area contributed by atoms with Gasteiger partial charge in [-0.15, -0.1) is 11.3 Å². The number of esters is 1. The number of anilines is 2. The van der Waals surface area contributed by atoms with Crippen LogP contribution in [0.25, 0.3) is 0 Å². The maximum Gasteiger partial charge on any atom is 0.338 e. The number of hydrogen-bond donors (Lipinski definition) is 1. The molecule has 9 heteroatoms. The molecule has 0 aliphatic carbocycles. The van der Waals surface area contributed by atoms with E-state index in [1.807, 2.05) is 30.5 Å². The molecule has 4 rings (SSSR count). The monoisotopic (exact) mass is 491 g/mol. The molecule has 1 aromatic heterocycles. The van der Waals surface area contributed by atoms with Crippen LogP contribution in [0.3, 0.4) is 0 Å². The number of urea groups is 1. The molecule has 1 fully saturated rings. The van der Waals surface area contributed by atoms with E-state index in [4.69, 9.17) is 4.74 Å². The number of imide groups is 1. The van der Waals surface area contributed by atoms with Gasteiger partial charge in [0.2, 0.25) is 5.91 Å². The molecule has 180 valence electrons. The van der Waals surface area contributed by atoms with Gasteiger partial charge in [0.1, 0.15) is 6.04 Å². The number of carbonyl (C=O) groups excluding carboxylic acids is 4. The van der Waals surface area contributed by atoms with Crippen molar-refractivity contribution in [3.63, 3.8) is 0 Å². The molecular weight excluding hydrogens is 466 g/mol. The second kappa shape index (κ2) is 10.5. The van der Waals surface area contributed by atoms with Crippen molar-refractivity contribution in [1.82, 2.24) is 4.90 Å². The lowest BCUT2D eigenvalue weighted by molar-refractivity contribution is -0.124. The number of aryl methyl sites for hydroxylation is 1. The molecule has 1 aliphatic heterocycles. The summed E-state index contributed by atoms with van der Waals surface area (Å²) in [5.74, 6) is -1.39. The van der Waals surface area contributed by atoms with Crippen LogP contribution >= 0.6 is 11.3 Å². The highest BCUT2D eigenvalue weighted by Gasteiger charge is 2.46. The van der Waals surface area contributed by atoms with Crippen LogP contribution in [0, 0.1) is 6.92 Å². The fourth-order valence-corrected chi connectivity index (χ4v) is 4.62. The van der Waals surface area contributed by atoms with Crippen molar-refractivity contribution in [2.75, 3.05) is 16.8 Å². The van der Waals surface area contributed by atoms with E-state index in [1.54, 1.807) is 43.3 Å². The highest BCUT2D eigenvalue weighted by molar-refractivity contribution is 7.09. The van der Waals surface area contributed by atoms with E-state index in [-0.39, 0.29) is 19.6 Å². The number of nitrogens with zero attached hydrogens (tertiary/aromatic N) is 2. The molecule has 1 N–H and O–H groups in total. The van der Waals surface area contributed by atoms with Gasteiger partial charge in [0.25, 0.3) is 5.91 Å². The third kappa shape index (κ3) is 5.41. The first kappa shape index (κ1) is 24.2. The largest absolute Gasteiger partial charge is 0.462 e. The Hall–Kier alpha value is -3.98. The molecule has 1 atom stereocenters. The van der Waals surface area contributed by atoms with Crippen molar-refractivity contribution in [3.8, 4) is 0 Å². The number of ether oxygens (including phenoxy) is 1. The van der Waals surface area contributed by atoms with E-state index >= 15 is 0 Å². The highest BCUT2D eigenvalue weighted by atomic mass is 32.1. The zero-order chi connectivity index (χ0) is 24.9. The van der Waals surface area contributed by atoms with Crippen LogP contribution in [0.5, 0.6) is 0 Å². The van der Waals surface area contributed by atoms with Gasteiger partial charge in [0.15, 0.2) is 0 Å². The fourth-order valence-electron chi connectivity index (χ4n) is 3.91. The van der Waals surface area contributed by atoms with Gasteiger partial charge in [-0.05, 0) is 61.2 Å². The Morgan fingerprint density at radius 1 is 1.06 bits per heavy atom. The highest BCUT2D eigenvalue weighted by Crippen LogP contribution is 2.30. The van der Waals surface area contributed by atoms with Crippen LogP contribution in [0.1, 0.15) is 34.1 Å². The number of rotatable bonds is 8. The third-order valence-corrected chi connectivity index (χ3v) is 6.38. The third-order valence-electron chi connectivity index (χ3n) is 5.52. The summed E-state index contributed by atoms with van der Waals surface area (Å²) in [7, 11) is 0. The van der Waals surface area contributed by atoms with E-state index in [0.717, 1.165) is 15.3 Å². The number of carbonyl (C=O) groups is 4. The first-order valence-electron chi connectivity index (χ1n) is 11.2. The van der Waals surface area contributed by atoms with Crippen LogP contribution in [0.15, 0.2) is 66.0 Å². The maximum absolute atomic E-state index is 13.4. The second-order valence-corrected chi connectivity index (χ2v) is 9.10. The van der Waals surface area contributed by atoms with Crippen LogP contribution in [-0.2, 0) is 20.9 Å². The summed E-state index contributed by atoms with van der Waals surface area (Å²) in [6.07, 6.45) is -0.220. The first-order chi connectivity index (χ1) is 16.9. The lowest BCUT2D eigenvalue weighted by atomic mass is 10.1. The Morgan fingerprint density at radius 3 is 2.57 bits per heavy atom. The number of benzene rings is 2. The van der Waals surface area contributed by atoms with Crippen molar-refractivity contribution in [1.29, 1.82) is 0 Å². The number of hydrogen-bond acceptors (Lipinski definition) is 6. The van der Waals surface area contributed by atoms with Gasteiger partial charge >= 0.3 is 12.0 Å². The quantitative estimate of drug-likeness (QED) is 0.367. The molecule has 35 heavy (non-hydrogen) atoms. The molecule has 0 saturated carbocycles. The Bertz CT molecular complexity index is 1260. The van der Waals surface area contributed by atoms with Gasteiger partial charge in [0, 0.05) is 10.6 Å². The van der Waals surface area contributed by atoms with Crippen LogP contribution in [0.2, 0.25) is 0 Å². The molecule has 8 nitrogen and oxygen atoms in total. The average molecular weight is 492 g/mol. The first-order valence-corrected chi connectivity index (χ1v) is 12.1. The molecule has 4 amide bonds. The molecule has 0 bridgehead atoms. The zero-order valence-electron chi connectivity index (χ0n) is 19.4. The average Bonchev–Trinajstić information content (AvgIpc) is 3.42. The molecular formula is C26H25N3O5S. The second-order valence-electron chi connectivity index (χ2n) is 8.07. The van der Waals surface area contributed by atoms with Gasteiger partial charge in [-0.2, -0.15) is 0 Å². The number of amides is 4. The predicted octanol–water partition coefficient (Wildman–Crippen LogP) is 4.60. The molecule has 2 aromatic carbocycles. The standard InChI is InChI=1S/C26H25N3O5S/c1-3-34-25(32)18-8-5-9-19(14-18)27-23(30)15-22-24(31)29(20-10-4-7-17(2)13-20)26(33)28(22)16-21-11-6-12-35-21/h4-14,22H,3,15-16H2,1-2H3,(H,27,30)/t22-/m1/s1. The van der Waals surface area contributed by atoms with Gasteiger partial charge in [-0.1, -0.05) is 24.3 Å². The van der Waals surface area contributed by atoms with Crippen molar-refractivity contribution in [2.45, 2.75) is 32.9 Å². The van der Waals surface area contributed by atoms with E-state index in [0.29, 0.717) is 16.9 Å². The summed E-state index contributed by atoms with van der Waals surface area (Å²) < 4.78 is 5.00. The van der Waals surface area contributed by atoms with Crippen molar-refractivity contribution < 1.29 is 23.9 Å². The summed E-state index contributed by atoms with van der Waals surface area (Å²) >= 11 is 1.48. The van der Waals surface area contributed by atoms with Gasteiger partial charge in [-0.25, -0.2) is 14.5 Å². The topological polar surface area (TPSA) is 96.0 Å². The van der Waals surface area contributed by atoms with Crippen molar-refractivity contribution in [2.24, 2.45) is 0 Å². The zero-order valence-corrected chi connectivity index (χ0v) is 20.2. The molecule has 1 saturated heterocycles. The lowest BCUT2D eigenvalue weighted by Gasteiger charge is -2.21. The van der Waals surface area contributed by atoms with Gasteiger partial charge in [-0.3, -0.25) is 9.59 Å². The minimum Gasteiger partial charge on any atom is -0.462 e. The Labute approximate surface area is 207 Å². The summed E-state index contributed by atoms with van der Waals surface area (Å²) in [6.45, 7) is 4.06. The Balaban J connectivity index is 1.55. The molecule has 3 aromatic rings. The Kier molecular flexibility index (Phi) is 7.26. The summed E-state index contributed by atoms with van der Waals surface area (Å²) in [5.41, 5.74) is 2.09. The minimum absolute atomic E-state index is 0.220. The predicted molar refractivity (Wildman–Crippen MR) is 133 cm³/mol.